The number of aliphatic hydroxyl groups is 1. The summed E-state index contributed by atoms with van der Waals surface area (Å²) in [4.78, 5) is 11.0. The number of carbonyl (C=O) groups is 1. The molecule has 3 heteroatoms. The van der Waals surface area contributed by atoms with Crippen molar-refractivity contribution in [1.29, 1.82) is 0 Å². The van der Waals surface area contributed by atoms with Crippen LogP contribution in [-0.2, 0) is 4.79 Å². The molecule has 0 aromatic rings. The smallest absolute Gasteiger partial charge is 0.223 e. The summed E-state index contributed by atoms with van der Waals surface area (Å²) < 4.78 is 0. The Kier molecular flexibility index (Phi) is 4.11. The maximum atomic E-state index is 11.0. The van der Waals surface area contributed by atoms with Crippen molar-refractivity contribution >= 4 is 5.91 Å². The quantitative estimate of drug-likeness (QED) is 0.619. The molecule has 0 fully saturated rings. The van der Waals surface area contributed by atoms with Crippen LogP contribution in [0.1, 0.15) is 33.1 Å². The van der Waals surface area contributed by atoms with Crippen molar-refractivity contribution in [1.82, 2.24) is 0 Å². The molecule has 0 saturated carbocycles. The standard InChI is InChI=1S/C8H17NO2/c1-3-8(4-2,5-6-10)7(9)11/h10H,3-6H2,1-2H3,(H2,9,11). The molecule has 0 radical (unpaired) electrons. The largest absolute Gasteiger partial charge is 0.396 e. The van der Waals surface area contributed by atoms with Gasteiger partial charge in [-0.1, -0.05) is 13.8 Å². The van der Waals surface area contributed by atoms with E-state index in [1.165, 1.54) is 0 Å². The zero-order valence-electron chi connectivity index (χ0n) is 7.26. The van der Waals surface area contributed by atoms with Gasteiger partial charge in [-0.3, -0.25) is 4.79 Å². The Bertz CT molecular complexity index is 130. The number of amides is 1. The van der Waals surface area contributed by atoms with E-state index in [9.17, 15) is 4.79 Å². The highest BCUT2D eigenvalue weighted by atomic mass is 16.3. The van der Waals surface area contributed by atoms with E-state index >= 15 is 0 Å². The lowest BCUT2D eigenvalue weighted by molar-refractivity contribution is -0.129. The van der Waals surface area contributed by atoms with Gasteiger partial charge in [-0.2, -0.15) is 0 Å². The number of hydrogen-bond acceptors (Lipinski definition) is 2. The van der Waals surface area contributed by atoms with E-state index in [0.717, 1.165) is 0 Å². The molecule has 11 heavy (non-hydrogen) atoms. The summed E-state index contributed by atoms with van der Waals surface area (Å²) >= 11 is 0. The van der Waals surface area contributed by atoms with Crippen molar-refractivity contribution in [3.8, 4) is 0 Å². The van der Waals surface area contributed by atoms with Gasteiger partial charge in [0.1, 0.15) is 0 Å². The lowest BCUT2D eigenvalue weighted by atomic mass is 9.79. The number of aliphatic hydroxyl groups excluding tert-OH is 1. The first-order chi connectivity index (χ1) is 5.13. The van der Waals surface area contributed by atoms with Gasteiger partial charge in [0.2, 0.25) is 5.91 Å². The van der Waals surface area contributed by atoms with Gasteiger partial charge in [0.25, 0.3) is 0 Å². The van der Waals surface area contributed by atoms with Gasteiger partial charge >= 0.3 is 0 Å². The molecule has 0 aliphatic carbocycles. The molecule has 0 heterocycles. The number of carbonyl (C=O) groups excluding carboxylic acids is 1. The third-order valence-electron chi connectivity index (χ3n) is 2.47. The molecule has 3 N–H and O–H groups in total. The van der Waals surface area contributed by atoms with Crippen LogP contribution in [0.25, 0.3) is 0 Å². The molecule has 3 nitrogen and oxygen atoms in total. The molecule has 0 atom stereocenters. The predicted molar refractivity (Wildman–Crippen MR) is 43.9 cm³/mol. The fraction of sp³-hybridized carbons (Fsp3) is 0.875. The Morgan fingerprint density at radius 2 is 1.91 bits per heavy atom. The molecule has 0 saturated heterocycles. The van der Waals surface area contributed by atoms with E-state index in [2.05, 4.69) is 0 Å². The predicted octanol–water partition coefficient (Wildman–Crippen LogP) is 0.661. The second-order valence-corrected chi connectivity index (χ2v) is 2.83. The summed E-state index contributed by atoms with van der Waals surface area (Å²) in [5.41, 5.74) is 4.75. The normalized spacial score (nSPS) is 11.5. The van der Waals surface area contributed by atoms with E-state index in [1.54, 1.807) is 0 Å². The fourth-order valence-electron chi connectivity index (χ4n) is 1.29. The van der Waals surface area contributed by atoms with Gasteiger partial charge < -0.3 is 10.8 Å². The Balaban J connectivity index is 4.32. The van der Waals surface area contributed by atoms with Crippen LogP contribution in [0.2, 0.25) is 0 Å². The van der Waals surface area contributed by atoms with Crippen molar-refractivity contribution in [2.24, 2.45) is 11.1 Å². The lowest BCUT2D eigenvalue weighted by Crippen LogP contribution is -2.36. The SMILES string of the molecule is CCC(CC)(CCO)C(N)=O. The molecule has 0 bridgehead atoms. The van der Waals surface area contributed by atoms with E-state index in [0.29, 0.717) is 19.3 Å². The van der Waals surface area contributed by atoms with E-state index < -0.39 is 5.41 Å². The minimum atomic E-state index is -0.477. The van der Waals surface area contributed by atoms with Crippen molar-refractivity contribution < 1.29 is 9.90 Å². The molecular formula is C8H17NO2. The molecular weight excluding hydrogens is 142 g/mol. The Morgan fingerprint density at radius 1 is 1.45 bits per heavy atom. The van der Waals surface area contributed by atoms with Crippen molar-refractivity contribution in [2.75, 3.05) is 6.61 Å². The highest BCUT2D eigenvalue weighted by Gasteiger charge is 2.31. The average Bonchev–Trinajstić information content (AvgIpc) is 2.00. The summed E-state index contributed by atoms with van der Waals surface area (Å²) in [6, 6.07) is 0. The summed E-state index contributed by atoms with van der Waals surface area (Å²) in [5.74, 6) is -0.295. The maximum Gasteiger partial charge on any atom is 0.223 e. The molecule has 0 rings (SSSR count). The molecule has 0 aromatic carbocycles. The molecule has 0 aromatic heterocycles. The molecule has 0 aliphatic rings. The first kappa shape index (κ1) is 10.4. The van der Waals surface area contributed by atoms with Gasteiger partial charge in [-0.25, -0.2) is 0 Å². The molecule has 66 valence electrons. The van der Waals surface area contributed by atoms with Crippen molar-refractivity contribution in [2.45, 2.75) is 33.1 Å². The van der Waals surface area contributed by atoms with E-state index in [1.807, 2.05) is 13.8 Å². The van der Waals surface area contributed by atoms with Gasteiger partial charge in [0.15, 0.2) is 0 Å². The average molecular weight is 159 g/mol. The molecule has 0 unspecified atom stereocenters. The van der Waals surface area contributed by atoms with E-state index in [4.69, 9.17) is 10.8 Å². The Hall–Kier alpha value is -0.570. The number of rotatable bonds is 5. The van der Waals surface area contributed by atoms with Gasteiger partial charge in [0.05, 0.1) is 5.41 Å². The van der Waals surface area contributed by atoms with Crippen molar-refractivity contribution in [3.63, 3.8) is 0 Å². The van der Waals surface area contributed by atoms with Gasteiger partial charge in [0, 0.05) is 6.61 Å². The third-order valence-corrected chi connectivity index (χ3v) is 2.47. The summed E-state index contributed by atoms with van der Waals surface area (Å²) in [6.45, 7) is 3.87. The van der Waals surface area contributed by atoms with Crippen molar-refractivity contribution in [3.05, 3.63) is 0 Å². The fourth-order valence-corrected chi connectivity index (χ4v) is 1.29. The minimum Gasteiger partial charge on any atom is -0.396 e. The monoisotopic (exact) mass is 159 g/mol. The van der Waals surface area contributed by atoms with Crippen LogP contribution in [0.15, 0.2) is 0 Å². The molecule has 0 spiro atoms. The highest BCUT2D eigenvalue weighted by Crippen LogP contribution is 2.29. The maximum absolute atomic E-state index is 11.0. The second-order valence-electron chi connectivity index (χ2n) is 2.83. The minimum absolute atomic E-state index is 0.0324. The lowest BCUT2D eigenvalue weighted by Gasteiger charge is -2.26. The van der Waals surface area contributed by atoms with Crippen LogP contribution in [0.4, 0.5) is 0 Å². The van der Waals surface area contributed by atoms with Crippen LogP contribution >= 0.6 is 0 Å². The Morgan fingerprint density at radius 3 is 2.00 bits per heavy atom. The zero-order valence-corrected chi connectivity index (χ0v) is 7.26. The van der Waals surface area contributed by atoms with Crippen LogP contribution in [0.3, 0.4) is 0 Å². The molecule has 1 amide bonds. The summed E-state index contributed by atoms with van der Waals surface area (Å²) in [5, 5.41) is 8.71. The molecule has 0 aliphatic heterocycles. The summed E-state index contributed by atoms with van der Waals surface area (Å²) in [6.07, 6.45) is 1.90. The van der Waals surface area contributed by atoms with Gasteiger partial charge in [-0.05, 0) is 19.3 Å². The van der Waals surface area contributed by atoms with E-state index in [-0.39, 0.29) is 12.5 Å². The number of nitrogens with two attached hydrogens (primary N) is 1. The van der Waals surface area contributed by atoms with Gasteiger partial charge in [-0.15, -0.1) is 0 Å². The number of primary amides is 1. The third kappa shape index (κ3) is 2.19. The first-order valence-corrected chi connectivity index (χ1v) is 4.03. The topological polar surface area (TPSA) is 63.3 Å². The van der Waals surface area contributed by atoms with Crippen LogP contribution in [0.5, 0.6) is 0 Å². The second kappa shape index (κ2) is 4.34. The Labute approximate surface area is 67.6 Å². The highest BCUT2D eigenvalue weighted by molar-refractivity contribution is 5.80. The van der Waals surface area contributed by atoms with Crippen LogP contribution in [0, 0.1) is 5.41 Å². The van der Waals surface area contributed by atoms with Crippen LogP contribution < -0.4 is 5.73 Å². The number of hydrogen-bond donors (Lipinski definition) is 2. The summed E-state index contributed by atoms with van der Waals surface area (Å²) in [7, 11) is 0. The van der Waals surface area contributed by atoms with Crippen LogP contribution in [-0.4, -0.2) is 17.6 Å². The first-order valence-electron chi connectivity index (χ1n) is 4.03. The zero-order chi connectivity index (χ0) is 8.91.